The Labute approximate surface area is 97.6 Å². The van der Waals surface area contributed by atoms with Crippen LogP contribution in [0.1, 0.15) is 11.1 Å². The van der Waals surface area contributed by atoms with Crippen LogP contribution in [-0.4, -0.2) is 0 Å². The smallest absolute Gasteiger partial charge is 0.198 e. The summed E-state index contributed by atoms with van der Waals surface area (Å²) in [6.07, 6.45) is -4.47. The lowest BCUT2D eigenvalue weighted by molar-refractivity contribution is -0.137. The summed E-state index contributed by atoms with van der Waals surface area (Å²) in [5, 5.41) is 8.02. The van der Waals surface area contributed by atoms with E-state index in [1.807, 2.05) is 6.07 Å². The zero-order chi connectivity index (χ0) is 11.6. The van der Waals surface area contributed by atoms with E-state index in [2.05, 4.69) is 15.9 Å². The lowest BCUT2D eigenvalue weighted by Gasteiger charge is -2.11. The molecule has 0 unspecified atom stereocenters. The van der Waals surface area contributed by atoms with Crippen LogP contribution in [0.15, 0.2) is 16.6 Å². The van der Waals surface area contributed by atoms with Crippen molar-refractivity contribution in [2.75, 3.05) is 0 Å². The van der Waals surface area contributed by atoms with E-state index in [0.29, 0.717) is 5.56 Å². The van der Waals surface area contributed by atoms with E-state index in [0.717, 1.165) is 6.07 Å². The van der Waals surface area contributed by atoms with Gasteiger partial charge in [0.15, 0.2) is 0 Å². The number of rotatable bonds is 1. The van der Waals surface area contributed by atoms with Gasteiger partial charge in [0, 0.05) is 4.47 Å². The Kier molecular flexibility index (Phi) is 3.63. The molecule has 0 heterocycles. The summed E-state index contributed by atoms with van der Waals surface area (Å²) >= 11 is 8.48. The topological polar surface area (TPSA) is 23.8 Å². The number of hydrogen-bond donors (Lipinski definition) is 0. The molecule has 0 aromatic heterocycles. The lowest BCUT2D eigenvalue weighted by atomic mass is 10.1. The second-order valence-electron chi connectivity index (χ2n) is 2.73. The molecule has 80 valence electrons. The molecule has 1 aromatic rings. The molecule has 0 aliphatic carbocycles. The van der Waals surface area contributed by atoms with E-state index in [4.69, 9.17) is 16.9 Å². The average molecular weight is 298 g/mol. The van der Waals surface area contributed by atoms with Crippen molar-refractivity contribution < 1.29 is 13.2 Å². The molecule has 0 fully saturated rings. The van der Waals surface area contributed by atoms with Gasteiger partial charge >= 0.3 is 6.18 Å². The first kappa shape index (κ1) is 12.3. The van der Waals surface area contributed by atoms with Gasteiger partial charge in [-0.2, -0.15) is 18.4 Å². The number of nitrogens with zero attached hydrogens (tertiary/aromatic N) is 1. The van der Waals surface area contributed by atoms with E-state index in [-0.39, 0.29) is 10.9 Å². The van der Waals surface area contributed by atoms with Crippen LogP contribution < -0.4 is 0 Å². The quantitative estimate of drug-likeness (QED) is 0.762. The highest BCUT2D eigenvalue weighted by molar-refractivity contribution is 9.10. The molecule has 0 saturated heterocycles. The van der Waals surface area contributed by atoms with E-state index in [1.165, 1.54) is 6.07 Å². The van der Waals surface area contributed by atoms with Crippen molar-refractivity contribution in [2.45, 2.75) is 12.6 Å². The Balaban J connectivity index is 3.29. The third-order valence-corrected chi connectivity index (χ3v) is 3.26. The van der Waals surface area contributed by atoms with Gasteiger partial charge in [0.25, 0.3) is 0 Å². The molecular formula is C9H4BrClF3N. The molecule has 0 amide bonds. The van der Waals surface area contributed by atoms with Crippen molar-refractivity contribution >= 4 is 27.5 Å². The number of halogens is 5. The van der Waals surface area contributed by atoms with Crippen LogP contribution in [-0.2, 0) is 12.6 Å². The zero-order valence-corrected chi connectivity index (χ0v) is 9.54. The molecule has 1 nitrogen and oxygen atoms in total. The molecule has 0 spiro atoms. The van der Waals surface area contributed by atoms with Crippen LogP contribution in [0.3, 0.4) is 0 Å². The van der Waals surface area contributed by atoms with E-state index < -0.39 is 16.8 Å². The highest BCUT2D eigenvalue weighted by Gasteiger charge is 2.34. The fraction of sp³-hybridized carbons (Fsp3) is 0.222. The number of hydrogen-bond acceptors (Lipinski definition) is 1. The monoisotopic (exact) mass is 297 g/mol. The second-order valence-corrected chi connectivity index (χ2v) is 3.90. The van der Waals surface area contributed by atoms with Crippen molar-refractivity contribution in [3.05, 3.63) is 32.8 Å². The Morgan fingerprint density at radius 2 is 2.00 bits per heavy atom. The standard InChI is InChI=1S/C9H4BrClF3N/c10-7-5(3-4-15)1-2-6(8(7)11)9(12,13)14/h1-2H,3H2. The first-order valence-corrected chi connectivity index (χ1v) is 4.96. The first-order valence-electron chi connectivity index (χ1n) is 3.79. The summed E-state index contributed by atoms with van der Waals surface area (Å²) in [5.74, 6) is 0. The van der Waals surface area contributed by atoms with Crippen LogP contribution in [0.5, 0.6) is 0 Å². The summed E-state index contributed by atoms with van der Waals surface area (Å²) in [6.45, 7) is 0. The van der Waals surface area contributed by atoms with Crippen molar-refractivity contribution in [2.24, 2.45) is 0 Å². The number of alkyl halides is 3. The first-order chi connectivity index (χ1) is 6.88. The minimum atomic E-state index is -4.48. The Hall–Kier alpha value is -0.730. The fourth-order valence-corrected chi connectivity index (χ4v) is 1.81. The van der Waals surface area contributed by atoms with Crippen LogP contribution in [0.4, 0.5) is 13.2 Å². The Morgan fingerprint density at radius 1 is 1.40 bits per heavy atom. The molecule has 6 heteroatoms. The SMILES string of the molecule is N#CCc1ccc(C(F)(F)F)c(Cl)c1Br. The maximum atomic E-state index is 12.4. The van der Waals surface area contributed by atoms with E-state index in [1.54, 1.807) is 0 Å². The van der Waals surface area contributed by atoms with Gasteiger partial charge in [0.2, 0.25) is 0 Å². The van der Waals surface area contributed by atoms with E-state index >= 15 is 0 Å². The highest BCUT2D eigenvalue weighted by atomic mass is 79.9. The van der Waals surface area contributed by atoms with Gasteiger partial charge in [0.05, 0.1) is 23.1 Å². The number of nitriles is 1. The molecular weight excluding hydrogens is 294 g/mol. The maximum Gasteiger partial charge on any atom is 0.417 e. The minimum absolute atomic E-state index is 0.0123. The molecule has 1 aromatic carbocycles. The average Bonchev–Trinajstić information content (AvgIpc) is 2.11. The normalized spacial score (nSPS) is 11.2. The number of benzene rings is 1. The van der Waals surface area contributed by atoms with Gasteiger partial charge in [0.1, 0.15) is 0 Å². The summed E-state index contributed by atoms with van der Waals surface area (Å²) in [6, 6.07) is 3.95. The molecule has 1 rings (SSSR count). The molecule has 0 aliphatic rings. The molecule has 0 atom stereocenters. The van der Waals surface area contributed by atoms with Crippen LogP contribution in [0.25, 0.3) is 0 Å². The van der Waals surface area contributed by atoms with Crippen molar-refractivity contribution in [3.8, 4) is 6.07 Å². The van der Waals surface area contributed by atoms with Gasteiger partial charge in [-0.15, -0.1) is 0 Å². The molecule has 0 N–H and O–H groups in total. The van der Waals surface area contributed by atoms with Crippen molar-refractivity contribution in [3.63, 3.8) is 0 Å². The predicted octanol–water partition coefficient (Wildman–Crippen LogP) is 4.19. The molecule has 0 bridgehead atoms. The maximum absolute atomic E-state index is 12.4. The summed E-state index contributed by atoms with van der Waals surface area (Å²) in [4.78, 5) is 0. The van der Waals surface area contributed by atoms with E-state index in [9.17, 15) is 13.2 Å². The molecule has 15 heavy (non-hydrogen) atoms. The lowest BCUT2D eigenvalue weighted by Crippen LogP contribution is -2.06. The van der Waals surface area contributed by atoms with Gasteiger partial charge in [-0.05, 0) is 27.6 Å². The van der Waals surface area contributed by atoms with Crippen LogP contribution in [0, 0.1) is 11.3 Å². The third kappa shape index (κ3) is 2.64. The van der Waals surface area contributed by atoms with Crippen LogP contribution >= 0.6 is 27.5 Å². The summed E-state index contributed by atoms with van der Waals surface area (Å²) in [5.41, 5.74) is -0.465. The second kappa shape index (κ2) is 4.42. The van der Waals surface area contributed by atoms with Gasteiger partial charge in [-0.25, -0.2) is 0 Å². The van der Waals surface area contributed by atoms with Crippen molar-refractivity contribution in [1.29, 1.82) is 5.26 Å². The predicted molar refractivity (Wildman–Crippen MR) is 53.5 cm³/mol. The summed E-state index contributed by atoms with van der Waals surface area (Å²) in [7, 11) is 0. The summed E-state index contributed by atoms with van der Waals surface area (Å²) < 4.78 is 37.3. The van der Waals surface area contributed by atoms with Gasteiger partial charge in [-0.3, -0.25) is 0 Å². The van der Waals surface area contributed by atoms with Crippen molar-refractivity contribution in [1.82, 2.24) is 0 Å². The Bertz CT molecular complexity index is 423. The molecule has 0 saturated carbocycles. The minimum Gasteiger partial charge on any atom is -0.198 e. The Morgan fingerprint density at radius 3 is 2.47 bits per heavy atom. The molecule has 0 radical (unpaired) electrons. The highest BCUT2D eigenvalue weighted by Crippen LogP contribution is 2.39. The largest absolute Gasteiger partial charge is 0.417 e. The fourth-order valence-electron chi connectivity index (χ4n) is 1.03. The van der Waals surface area contributed by atoms with Crippen LogP contribution in [0.2, 0.25) is 5.02 Å². The zero-order valence-electron chi connectivity index (χ0n) is 7.20. The molecule has 0 aliphatic heterocycles. The van der Waals surface area contributed by atoms with Gasteiger partial charge < -0.3 is 0 Å². The van der Waals surface area contributed by atoms with Gasteiger partial charge in [-0.1, -0.05) is 17.7 Å². The third-order valence-electron chi connectivity index (χ3n) is 1.74.